The number of hydrogen-bond acceptors (Lipinski definition) is 5. The molecule has 1 saturated heterocycles. The van der Waals surface area contributed by atoms with Crippen molar-refractivity contribution in [3.8, 4) is 0 Å². The zero-order valence-corrected chi connectivity index (χ0v) is 14.5. The number of carbonyl (C=O) groups excluding carboxylic acids is 1. The number of likely N-dealkylation sites (N-methyl/N-ethyl adjacent to an activating group) is 1. The summed E-state index contributed by atoms with van der Waals surface area (Å²) in [4.78, 5) is 24.5. The van der Waals surface area contributed by atoms with Gasteiger partial charge in [0, 0.05) is 25.8 Å². The summed E-state index contributed by atoms with van der Waals surface area (Å²) in [7, 11) is 1.92. The van der Waals surface area contributed by atoms with E-state index < -0.39 is 5.60 Å². The Balaban J connectivity index is 2.02. The van der Waals surface area contributed by atoms with Gasteiger partial charge in [0.05, 0.1) is 6.04 Å². The normalized spacial score (nSPS) is 18.5. The third-order valence-electron chi connectivity index (χ3n) is 3.49. The van der Waals surface area contributed by atoms with Crippen LogP contribution in [0.4, 0.5) is 10.7 Å². The Bertz CT molecular complexity index is 539. The van der Waals surface area contributed by atoms with Crippen LogP contribution in [0.3, 0.4) is 0 Å². The molecular formula is C15H23ClN4O2. The first kappa shape index (κ1) is 16.8. The van der Waals surface area contributed by atoms with Crippen LogP contribution in [-0.4, -0.2) is 52.7 Å². The van der Waals surface area contributed by atoms with Gasteiger partial charge in [-0.2, -0.15) is 0 Å². The maximum absolute atomic E-state index is 12.1. The third-order valence-corrected chi connectivity index (χ3v) is 3.68. The van der Waals surface area contributed by atoms with E-state index in [-0.39, 0.29) is 12.1 Å². The van der Waals surface area contributed by atoms with Crippen molar-refractivity contribution in [1.82, 2.24) is 14.9 Å². The lowest BCUT2D eigenvalue weighted by atomic mass is 10.2. The number of amides is 1. The highest BCUT2D eigenvalue weighted by molar-refractivity contribution is 6.29. The predicted molar refractivity (Wildman–Crippen MR) is 86.4 cm³/mol. The fraction of sp³-hybridized carbons (Fsp3) is 0.667. The molecular weight excluding hydrogens is 304 g/mol. The molecule has 1 aliphatic rings. The monoisotopic (exact) mass is 326 g/mol. The van der Waals surface area contributed by atoms with Gasteiger partial charge in [0.25, 0.3) is 0 Å². The number of ether oxygens (including phenoxy) is 1. The first-order valence-electron chi connectivity index (χ1n) is 7.37. The van der Waals surface area contributed by atoms with E-state index in [4.69, 9.17) is 16.3 Å². The Morgan fingerprint density at radius 3 is 2.73 bits per heavy atom. The van der Waals surface area contributed by atoms with Crippen LogP contribution in [0.5, 0.6) is 0 Å². The highest BCUT2D eigenvalue weighted by atomic mass is 35.5. The molecule has 1 aliphatic heterocycles. The van der Waals surface area contributed by atoms with Crippen LogP contribution in [0, 0.1) is 6.92 Å². The zero-order valence-electron chi connectivity index (χ0n) is 13.8. The molecule has 0 radical (unpaired) electrons. The van der Waals surface area contributed by atoms with Gasteiger partial charge in [-0.15, -0.1) is 0 Å². The lowest BCUT2D eigenvalue weighted by molar-refractivity contribution is 0.0292. The number of halogens is 1. The number of nitrogens with zero attached hydrogens (tertiary/aromatic N) is 4. The molecule has 1 aromatic rings. The molecule has 122 valence electrons. The maximum atomic E-state index is 12.1. The average Bonchev–Trinajstić information content (AvgIpc) is 2.84. The van der Waals surface area contributed by atoms with E-state index in [1.54, 1.807) is 11.0 Å². The number of anilines is 1. The molecule has 0 saturated carbocycles. The minimum atomic E-state index is -0.478. The number of carbonyl (C=O) groups is 1. The third kappa shape index (κ3) is 4.22. The van der Waals surface area contributed by atoms with E-state index in [2.05, 4.69) is 9.97 Å². The van der Waals surface area contributed by atoms with Crippen molar-refractivity contribution in [2.45, 2.75) is 45.8 Å². The zero-order chi connectivity index (χ0) is 16.5. The fourth-order valence-corrected chi connectivity index (χ4v) is 2.62. The van der Waals surface area contributed by atoms with Gasteiger partial charge in [-0.05, 0) is 40.2 Å². The van der Waals surface area contributed by atoms with Gasteiger partial charge in [-0.3, -0.25) is 0 Å². The second kappa shape index (κ2) is 6.28. The van der Waals surface area contributed by atoms with E-state index >= 15 is 0 Å². The van der Waals surface area contributed by atoms with Crippen molar-refractivity contribution in [2.75, 3.05) is 25.0 Å². The first-order chi connectivity index (χ1) is 10.2. The molecule has 1 amide bonds. The molecule has 2 rings (SSSR count). The number of likely N-dealkylation sites (tertiary alicyclic amines) is 1. The number of aryl methyl sites for hydroxylation is 1. The summed E-state index contributed by atoms with van der Waals surface area (Å²) in [5.41, 5.74) is 0.345. The van der Waals surface area contributed by atoms with Crippen LogP contribution in [-0.2, 0) is 4.74 Å². The van der Waals surface area contributed by atoms with Gasteiger partial charge in [-0.1, -0.05) is 11.6 Å². The molecule has 22 heavy (non-hydrogen) atoms. The Kier molecular flexibility index (Phi) is 4.80. The molecule has 1 atom stereocenters. The van der Waals surface area contributed by atoms with Gasteiger partial charge in [0.15, 0.2) is 0 Å². The van der Waals surface area contributed by atoms with E-state index in [1.807, 2.05) is 39.6 Å². The maximum Gasteiger partial charge on any atom is 0.410 e. The number of hydrogen-bond donors (Lipinski definition) is 0. The molecule has 0 aromatic carbocycles. The van der Waals surface area contributed by atoms with Crippen LogP contribution in [0.25, 0.3) is 0 Å². The summed E-state index contributed by atoms with van der Waals surface area (Å²) in [5.74, 6) is 0.584. The van der Waals surface area contributed by atoms with Crippen molar-refractivity contribution >= 4 is 23.6 Å². The Morgan fingerprint density at radius 2 is 2.14 bits per heavy atom. The molecule has 2 heterocycles. The largest absolute Gasteiger partial charge is 0.444 e. The van der Waals surface area contributed by atoms with Gasteiger partial charge in [0.1, 0.15) is 10.8 Å². The standard InChI is InChI=1S/C15H23ClN4O2/c1-10-8-12(16)18-13(17-10)19(5)11-6-7-20(9-11)14(21)22-15(2,3)4/h8,11H,6-7,9H2,1-5H3/t11-/m1/s1. The fourth-order valence-electron chi connectivity index (χ4n) is 2.39. The molecule has 0 spiro atoms. The minimum Gasteiger partial charge on any atom is -0.444 e. The molecule has 0 aliphatic carbocycles. The minimum absolute atomic E-state index is 0.158. The summed E-state index contributed by atoms with van der Waals surface area (Å²) in [6.07, 6.45) is 0.580. The SMILES string of the molecule is Cc1cc(Cl)nc(N(C)[C@@H]2CCN(C(=O)OC(C)(C)C)C2)n1. The van der Waals surface area contributed by atoms with Crippen molar-refractivity contribution in [1.29, 1.82) is 0 Å². The molecule has 0 bridgehead atoms. The van der Waals surface area contributed by atoms with Crippen molar-refractivity contribution in [2.24, 2.45) is 0 Å². The smallest absolute Gasteiger partial charge is 0.410 e. The van der Waals surface area contributed by atoms with Crippen LogP contribution in [0.1, 0.15) is 32.9 Å². The Labute approximate surface area is 136 Å². The molecule has 0 unspecified atom stereocenters. The van der Waals surface area contributed by atoms with E-state index in [0.717, 1.165) is 12.1 Å². The van der Waals surface area contributed by atoms with E-state index in [9.17, 15) is 4.79 Å². The number of aromatic nitrogens is 2. The van der Waals surface area contributed by atoms with Crippen molar-refractivity contribution < 1.29 is 9.53 Å². The van der Waals surface area contributed by atoms with Crippen LogP contribution < -0.4 is 4.90 Å². The van der Waals surface area contributed by atoms with Gasteiger partial charge < -0.3 is 14.5 Å². The molecule has 7 heteroatoms. The summed E-state index contributed by atoms with van der Waals surface area (Å²) in [5, 5.41) is 0.427. The van der Waals surface area contributed by atoms with Crippen LogP contribution in [0.15, 0.2) is 6.07 Å². The summed E-state index contributed by atoms with van der Waals surface area (Å²) >= 11 is 5.99. The van der Waals surface area contributed by atoms with E-state index in [1.165, 1.54) is 0 Å². The number of rotatable bonds is 2. The topological polar surface area (TPSA) is 58.6 Å². The second-order valence-electron chi connectivity index (χ2n) is 6.61. The van der Waals surface area contributed by atoms with Gasteiger partial charge in [0.2, 0.25) is 5.95 Å². The molecule has 1 aromatic heterocycles. The summed E-state index contributed by atoms with van der Waals surface area (Å²) < 4.78 is 5.41. The lowest BCUT2D eigenvalue weighted by Crippen LogP contribution is -2.39. The second-order valence-corrected chi connectivity index (χ2v) is 7.00. The first-order valence-corrected chi connectivity index (χ1v) is 7.75. The summed E-state index contributed by atoms with van der Waals surface area (Å²) in [6, 6.07) is 1.88. The van der Waals surface area contributed by atoms with Crippen LogP contribution in [0.2, 0.25) is 5.15 Å². The van der Waals surface area contributed by atoms with Gasteiger partial charge >= 0.3 is 6.09 Å². The van der Waals surface area contributed by atoms with Crippen molar-refractivity contribution in [3.63, 3.8) is 0 Å². The Morgan fingerprint density at radius 1 is 1.45 bits per heavy atom. The van der Waals surface area contributed by atoms with Crippen LogP contribution >= 0.6 is 11.6 Å². The molecule has 1 fully saturated rings. The van der Waals surface area contributed by atoms with E-state index in [0.29, 0.717) is 24.2 Å². The summed E-state index contributed by atoms with van der Waals surface area (Å²) in [6.45, 7) is 8.75. The highest BCUT2D eigenvalue weighted by Gasteiger charge is 2.32. The highest BCUT2D eigenvalue weighted by Crippen LogP contribution is 2.22. The quantitative estimate of drug-likeness (QED) is 0.782. The van der Waals surface area contributed by atoms with Gasteiger partial charge in [-0.25, -0.2) is 14.8 Å². The van der Waals surface area contributed by atoms with Crippen molar-refractivity contribution in [3.05, 3.63) is 16.9 Å². The molecule has 6 nitrogen and oxygen atoms in total. The molecule has 0 N–H and O–H groups in total. The predicted octanol–water partition coefficient (Wildman–Crippen LogP) is 2.88. The average molecular weight is 327 g/mol. The Hall–Kier alpha value is -1.56. The lowest BCUT2D eigenvalue weighted by Gasteiger charge is -2.26.